The van der Waals surface area contributed by atoms with Gasteiger partial charge in [-0.15, -0.1) is 0 Å². The lowest BCUT2D eigenvalue weighted by atomic mass is 10.2. The molecule has 0 aliphatic heterocycles. The first-order valence-electron chi connectivity index (χ1n) is 3.70. The van der Waals surface area contributed by atoms with Crippen molar-refractivity contribution < 1.29 is 18.8 Å². The van der Waals surface area contributed by atoms with Gasteiger partial charge in [-0.1, -0.05) is 0 Å². The SMILES string of the molecule is O=[N+]([O-])c1nc(I)c(CO)cc1C(F)F. The Morgan fingerprint density at radius 3 is 2.67 bits per heavy atom. The van der Waals surface area contributed by atoms with Gasteiger partial charge < -0.3 is 15.2 Å². The van der Waals surface area contributed by atoms with Crippen LogP contribution in [0.1, 0.15) is 17.6 Å². The summed E-state index contributed by atoms with van der Waals surface area (Å²) < 4.78 is 25.0. The van der Waals surface area contributed by atoms with Gasteiger partial charge in [0, 0.05) is 28.2 Å². The molecule has 0 unspecified atom stereocenters. The van der Waals surface area contributed by atoms with Crippen LogP contribution in [0.3, 0.4) is 0 Å². The minimum Gasteiger partial charge on any atom is -0.391 e. The summed E-state index contributed by atoms with van der Waals surface area (Å²) in [7, 11) is 0. The molecular weight excluding hydrogens is 325 g/mol. The average molecular weight is 330 g/mol. The molecule has 0 spiro atoms. The lowest BCUT2D eigenvalue weighted by molar-refractivity contribution is -0.391. The first-order valence-corrected chi connectivity index (χ1v) is 4.78. The molecule has 0 aliphatic rings. The maximum atomic E-state index is 12.4. The number of aliphatic hydroxyl groups excluding tert-OH is 1. The van der Waals surface area contributed by atoms with Gasteiger partial charge in [0.15, 0.2) is 0 Å². The van der Waals surface area contributed by atoms with Crippen LogP contribution in [0.25, 0.3) is 0 Å². The summed E-state index contributed by atoms with van der Waals surface area (Å²) in [4.78, 5) is 12.9. The molecule has 0 aliphatic carbocycles. The fourth-order valence-electron chi connectivity index (χ4n) is 0.959. The lowest BCUT2D eigenvalue weighted by Crippen LogP contribution is -2.04. The second-order valence-corrected chi connectivity index (χ2v) is 3.59. The van der Waals surface area contributed by atoms with Crippen LogP contribution >= 0.6 is 22.6 Å². The Hall–Kier alpha value is -0.900. The average Bonchev–Trinajstić information content (AvgIpc) is 2.16. The van der Waals surface area contributed by atoms with Crippen LogP contribution in [0.2, 0.25) is 0 Å². The number of alkyl halides is 2. The van der Waals surface area contributed by atoms with Crippen LogP contribution < -0.4 is 0 Å². The summed E-state index contributed by atoms with van der Waals surface area (Å²) >= 11 is 1.64. The van der Waals surface area contributed by atoms with Crippen LogP contribution in [-0.2, 0) is 6.61 Å². The molecule has 5 nitrogen and oxygen atoms in total. The van der Waals surface area contributed by atoms with Crippen LogP contribution in [-0.4, -0.2) is 15.0 Å². The summed E-state index contributed by atoms with van der Waals surface area (Å²) in [5.41, 5.74) is -0.624. The Morgan fingerprint density at radius 1 is 1.67 bits per heavy atom. The summed E-state index contributed by atoms with van der Waals surface area (Å²) in [6, 6.07) is 0.900. The Bertz CT molecular complexity index is 400. The molecule has 0 saturated heterocycles. The molecule has 82 valence electrons. The van der Waals surface area contributed by atoms with Crippen molar-refractivity contribution in [2.45, 2.75) is 13.0 Å². The van der Waals surface area contributed by atoms with E-state index in [1.807, 2.05) is 0 Å². The van der Waals surface area contributed by atoms with E-state index >= 15 is 0 Å². The van der Waals surface area contributed by atoms with E-state index in [0.29, 0.717) is 0 Å². The molecule has 0 atom stereocenters. The molecule has 0 amide bonds. The van der Waals surface area contributed by atoms with Crippen LogP contribution in [0, 0.1) is 13.8 Å². The fourth-order valence-corrected chi connectivity index (χ4v) is 1.51. The number of nitrogens with zero attached hydrogens (tertiary/aromatic N) is 2. The Labute approximate surface area is 96.4 Å². The predicted octanol–water partition coefficient (Wildman–Crippen LogP) is 2.02. The Kier molecular flexibility index (Phi) is 3.85. The van der Waals surface area contributed by atoms with Gasteiger partial charge in [-0.2, -0.15) is 0 Å². The first-order chi connectivity index (χ1) is 6.97. The zero-order valence-corrected chi connectivity index (χ0v) is 9.31. The highest BCUT2D eigenvalue weighted by Gasteiger charge is 2.26. The molecule has 0 aromatic carbocycles. The monoisotopic (exact) mass is 330 g/mol. The maximum Gasteiger partial charge on any atom is 0.373 e. The summed E-state index contributed by atoms with van der Waals surface area (Å²) in [6.07, 6.45) is -2.99. The van der Waals surface area contributed by atoms with Crippen LogP contribution in [0.5, 0.6) is 0 Å². The maximum absolute atomic E-state index is 12.4. The number of rotatable bonds is 3. The largest absolute Gasteiger partial charge is 0.391 e. The standard InChI is InChI=1S/C7H5F2IN2O3/c8-5(9)4-1-3(2-13)6(10)11-7(4)12(14)15/h1,5,13H,2H2. The minimum atomic E-state index is -2.99. The molecule has 1 rings (SSSR count). The summed E-state index contributed by atoms with van der Waals surface area (Å²) in [5.74, 6) is -0.869. The number of pyridine rings is 1. The molecule has 0 saturated carbocycles. The second kappa shape index (κ2) is 4.75. The molecule has 1 aromatic rings. The highest BCUT2D eigenvalue weighted by atomic mass is 127. The lowest BCUT2D eigenvalue weighted by Gasteiger charge is -2.03. The highest BCUT2D eigenvalue weighted by molar-refractivity contribution is 14.1. The molecule has 15 heavy (non-hydrogen) atoms. The second-order valence-electron chi connectivity index (χ2n) is 2.57. The van der Waals surface area contributed by atoms with Crippen molar-refractivity contribution in [1.82, 2.24) is 4.98 Å². The number of aromatic nitrogens is 1. The molecule has 1 heterocycles. The highest BCUT2D eigenvalue weighted by Crippen LogP contribution is 2.29. The predicted molar refractivity (Wildman–Crippen MR) is 54.5 cm³/mol. The number of halogens is 3. The van der Waals surface area contributed by atoms with E-state index in [-0.39, 0.29) is 9.26 Å². The van der Waals surface area contributed by atoms with E-state index in [2.05, 4.69) is 4.98 Å². The molecule has 0 fully saturated rings. The van der Waals surface area contributed by atoms with E-state index < -0.39 is 29.3 Å². The van der Waals surface area contributed by atoms with E-state index in [0.717, 1.165) is 6.07 Å². The fraction of sp³-hybridized carbons (Fsp3) is 0.286. The van der Waals surface area contributed by atoms with Gasteiger partial charge in [0.1, 0.15) is 5.56 Å². The smallest absolute Gasteiger partial charge is 0.373 e. The van der Waals surface area contributed by atoms with Crippen molar-refractivity contribution in [2.24, 2.45) is 0 Å². The van der Waals surface area contributed by atoms with Crippen LogP contribution in [0.4, 0.5) is 14.6 Å². The third-order valence-electron chi connectivity index (χ3n) is 1.64. The molecule has 0 radical (unpaired) electrons. The van der Waals surface area contributed by atoms with Gasteiger partial charge in [-0.3, -0.25) is 0 Å². The molecule has 8 heteroatoms. The zero-order chi connectivity index (χ0) is 11.6. The third kappa shape index (κ3) is 2.56. The van der Waals surface area contributed by atoms with Crippen molar-refractivity contribution in [3.63, 3.8) is 0 Å². The van der Waals surface area contributed by atoms with Crippen LogP contribution in [0.15, 0.2) is 6.07 Å². The van der Waals surface area contributed by atoms with Gasteiger partial charge in [0.25, 0.3) is 6.43 Å². The summed E-state index contributed by atoms with van der Waals surface area (Å²) in [6.45, 7) is -0.483. The molecule has 0 bridgehead atoms. The normalized spacial score (nSPS) is 10.7. The third-order valence-corrected chi connectivity index (χ3v) is 2.57. The van der Waals surface area contributed by atoms with Crippen molar-refractivity contribution in [3.05, 3.63) is 31.0 Å². The van der Waals surface area contributed by atoms with Crippen molar-refractivity contribution in [2.75, 3.05) is 0 Å². The van der Waals surface area contributed by atoms with E-state index in [1.54, 1.807) is 22.6 Å². The van der Waals surface area contributed by atoms with Gasteiger partial charge in [0.05, 0.1) is 6.61 Å². The Balaban J connectivity index is 3.38. The van der Waals surface area contributed by atoms with Gasteiger partial charge in [-0.05, 0) is 16.0 Å². The first kappa shape index (κ1) is 12.2. The number of aliphatic hydroxyl groups is 1. The zero-order valence-electron chi connectivity index (χ0n) is 7.15. The van der Waals surface area contributed by atoms with E-state index in [4.69, 9.17) is 5.11 Å². The van der Waals surface area contributed by atoms with E-state index in [9.17, 15) is 18.9 Å². The van der Waals surface area contributed by atoms with Crippen molar-refractivity contribution in [3.8, 4) is 0 Å². The van der Waals surface area contributed by atoms with Crippen molar-refractivity contribution in [1.29, 1.82) is 0 Å². The van der Waals surface area contributed by atoms with E-state index in [1.165, 1.54) is 0 Å². The van der Waals surface area contributed by atoms with Gasteiger partial charge >= 0.3 is 5.82 Å². The van der Waals surface area contributed by atoms with Gasteiger partial charge in [0.2, 0.25) is 3.70 Å². The summed E-state index contributed by atoms with van der Waals surface area (Å²) in [5, 5.41) is 19.2. The molecular formula is C7H5F2IN2O3. The minimum absolute atomic E-state index is 0.145. The quantitative estimate of drug-likeness (QED) is 0.398. The molecule has 1 N–H and O–H groups in total. The molecule has 1 aromatic heterocycles. The number of hydrogen-bond donors (Lipinski definition) is 1. The Morgan fingerprint density at radius 2 is 2.27 bits per heavy atom. The van der Waals surface area contributed by atoms with Crippen molar-refractivity contribution >= 4 is 28.4 Å². The van der Waals surface area contributed by atoms with Gasteiger partial charge in [-0.25, -0.2) is 8.78 Å². The topological polar surface area (TPSA) is 76.3 Å². The number of nitro groups is 1. The number of hydrogen-bond acceptors (Lipinski definition) is 4.